The van der Waals surface area contributed by atoms with Crippen molar-refractivity contribution in [3.05, 3.63) is 42.0 Å². The van der Waals surface area contributed by atoms with Gasteiger partial charge in [0.1, 0.15) is 12.4 Å². The fraction of sp³-hybridized carbons (Fsp3) is 0.400. The van der Waals surface area contributed by atoms with E-state index in [2.05, 4.69) is 11.9 Å². The van der Waals surface area contributed by atoms with E-state index >= 15 is 0 Å². The number of benzene rings is 1. The second-order valence-electron chi connectivity index (χ2n) is 4.25. The summed E-state index contributed by atoms with van der Waals surface area (Å²) in [6.07, 6.45) is 3.67. The summed E-state index contributed by atoms with van der Waals surface area (Å²) in [5.41, 5.74) is 0.713. The monoisotopic (exact) mass is 276 g/mol. The Labute approximate surface area is 118 Å². The first-order valence-electron chi connectivity index (χ1n) is 6.78. The number of aliphatic hydroxyl groups excluding tert-OH is 1. The lowest BCUT2D eigenvalue weighted by Crippen LogP contribution is -2.07. The lowest BCUT2D eigenvalue weighted by molar-refractivity contribution is 0.237. The SMILES string of the molecule is CCOc1cccc(CO)c1OCc1nccn1CC. The number of hydrogen-bond donors (Lipinski definition) is 1. The molecule has 0 bridgehead atoms. The number of para-hydroxylation sites is 1. The van der Waals surface area contributed by atoms with Crippen LogP contribution in [-0.2, 0) is 19.8 Å². The van der Waals surface area contributed by atoms with Crippen LogP contribution in [0.3, 0.4) is 0 Å². The third kappa shape index (κ3) is 3.11. The van der Waals surface area contributed by atoms with Gasteiger partial charge in [0.2, 0.25) is 0 Å². The molecule has 0 aliphatic heterocycles. The van der Waals surface area contributed by atoms with E-state index in [4.69, 9.17) is 9.47 Å². The summed E-state index contributed by atoms with van der Waals surface area (Å²) in [6, 6.07) is 5.50. The van der Waals surface area contributed by atoms with Gasteiger partial charge in [0.05, 0.1) is 13.2 Å². The van der Waals surface area contributed by atoms with Gasteiger partial charge in [0, 0.05) is 24.5 Å². The van der Waals surface area contributed by atoms with Crippen molar-refractivity contribution in [1.29, 1.82) is 0 Å². The lowest BCUT2D eigenvalue weighted by Gasteiger charge is -2.15. The van der Waals surface area contributed by atoms with Crippen molar-refractivity contribution in [3.63, 3.8) is 0 Å². The molecule has 0 atom stereocenters. The number of hydrogen-bond acceptors (Lipinski definition) is 4. The third-order valence-corrected chi connectivity index (χ3v) is 3.02. The molecule has 0 fully saturated rings. The van der Waals surface area contributed by atoms with Gasteiger partial charge in [0.15, 0.2) is 11.5 Å². The Balaban J connectivity index is 2.19. The van der Waals surface area contributed by atoms with Gasteiger partial charge in [-0.2, -0.15) is 0 Å². The Kier molecular flexibility index (Phi) is 5.01. The highest BCUT2D eigenvalue weighted by atomic mass is 16.5. The summed E-state index contributed by atoms with van der Waals surface area (Å²) in [5, 5.41) is 9.41. The minimum atomic E-state index is -0.0849. The molecule has 1 heterocycles. The second-order valence-corrected chi connectivity index (χ2v) is 4.25. The smallest absolute Gasteiger partial charge is 0.167 e. The summed E-state index contributed by atoms with van der Waals surface area (Å²) < 4.78 is 13.4. The number of imidazole rings is 1. The van der Waals surface area contributed by atoms with Crippen LogP contribution in [0.25, 0.3) is 0 Å². The first kappa shape index (κ1) is 14.4. The zero-order valence-corrected chi connectivity index (χ0v) is 11.9. The van der Waals surface area contributed by atoms with Gasteiger partial charge in [0.25, 0.3) is 0 Å². The maximum Gasteiger partial charge on any atom is 0.167 e. The summed E-state index contributed by atoms with van der Waals surface area (Å²) in [7, 11) is 0. The van der Waals surface area contributed by atoms with Crippen LogP contribution in [0.15, 0.2) is 30.6 Å². The first-order chi connectivity index (χ1) is 9.80. The Morgan fingerprint density at radius 1 is 1.25 bits per heavy atom. The Hall–Kier alpha value is -2.01. The van der Waals surface area contributed by atoms with Crippen molar-refractivity contribution < 1.29 is 14.6 Å². The number of aliphatic hydroxyl groups is 1. The second kappa shape index (κ2) is 6.96. The Morgan fingerprint density at radius 2 is 2.10 bits per heavy atom. The van der Waals surface area contributed by atoms with E-state index in [1.165, 1.54) is 0 Å². The normalized spacial score (nSPS) is 10.6. The molecule has 0 spiro atoms. The Morgan fingerprint density at radius 3 is 2.80 bits per heavy atom. The van der Waals surface area contributed by atoms with Gasteiger partial charge in [-0.05, 0) is 19.9 Å². The minimum absolute atomic E-state index is 0.0849. The highest BCUT2D eigenvalue weighted by molar-refractivity contribution is 5.46. The molecule has 0 saturated carbocycles. The van der Waals surface area contributed by atoms with E-state index < -0.39 is 0 Å². The average molecular weight is 276 g/mol. The summed E-state index contributed by atoms with van der Waals surface area (Å²) >= 11 is 0. The van der Waals surface area contributed by atoms with Crippen molar-refractivity contribution in [2.45, 2.75) is 33.6 Å². The van der Waals surface area contributed by atoms with Gasteiger partial charge in [-0.15, -0.1) is 0 Å². The van der Waals surface area contributed by atoms with Gasteiger partial charge in [-0.3, -0.25) is 0 Å². The van der Waals surface area contributed by atoms with Crippen molar-refractivity contribution in [1.82, 2.24) is 9.55 Å². The maximum absolute atomic E-state index is 9.41. The van der Waals surface area contributed by atoms with Gasteiger partial charge in [-0.25, -0.2) is 4.98 Å². The molecule has 1 N–H and O–H groups in total. The first-order valence-corrected chi connectivity index (χ1v) is 6.78. The molecular formula is C15H20N2O3. The molecule has 5 heteroatoms. The van der Waals surface area contributed by atoms with E-state index in [0.717, 1.165) is 12.4 Å². The lowest BCUT2D eigenvalue weighted by atomic mass is 10.2. The largest absolute Gasteiger partial charge is 0.490 e. The zero-order chi connectivity index (χ0) is 14.4. The molecule has 2 aromatic rings. The standard InChI is InChI=1S/C15H20N2O3/c1-3-17-9-8-16-14(17)11-20-15-12(10-18)6-5-7-13(15)19-4-2/h5-9,18H,3-4,10-11H2,1-2H3. The fourth-order valence-corrected chi connectivity index (χ4v) is 2.02. The van der Waals surface area contributed by atoms with Crippen LogP contribution in [0.4, 0.5) is 0 Å². The summed E-state index contributed by atoms with van der Waals surface area (Å²) in [6.45, 7) is 5.63. The molecule has 0 unspecified atom stereocenters. The molecular weight excluding hydrogens is 256 g/mol. The molecule has 1 aromatic carbocycles. The average Bonchev–Trinajstić information content (AvgIpc) is 2.93. The number of aromatic nitrogens is 2. The number of aryl methyl sites for hydroxylation is 1. The van der Waals surface area contributed by atoms with Crippen LogP contribution >= 0.6 is 0 Å². The highest BCUT2D eigenvalue weighted by Gasteiger charge is 2.12. The van der Waals surface area contributed by atoms with E-state index in [-0.39, 0.29) is 6.61 Å². The molecule has 2 rings (SSSR count). The van der Waals surface area contributed by atoms with Gasteiger partial charge >= 0.3 is 0 Å². The van der Waals surface area contributed by atoms with Crippen LogP contribution < -0.4 is 9.47 Å². The van der Waals surface area contributed by atoms with E-state index in [0.29, 0.717) is 30.3 Å². The summed E-state index contributed by atoms with van der Waals surface area (Å²) in [4.78, 5) is 4.27. The maximum atomic E-state index is 9.41. The molecule has 0 amide bonds. The molecule has 0 radical (unpaired) electrons. The molecule has 108 valence electrons. The predicted molar refractivity (Wildman–Crippen MR) is 75.8 cm³/mol. The van der Waals surface area contributed by atoms with E-state index in [1.54, 1.807) is 6.20 Å². The number of ether oxygens (including phenoxy) is 2. The highest BCUT2D eigenvalue weighted by Crippen LogP contribution is 2.32. The molecule has 0 saturated heterocycles. The van der Waals surface area contributed by atoms with Crippen LogP contribution in [0.5, 0.6) is 11.5 Å². The van der Waals surface area contributed by atoms with Crippen molar-refractivity contribution >= 4 is 0 Å². The molecule has 1 aromatic heterocycles. The topological polar surface area (TPSA) is 56.5 Å². The van der Waals surface area contributed by atoms with E-state index in [9.17, 15) is 5.11 Å². The van der Waals surface area contributed by atoms with Crippen molar-refractivity contribution in [2.75, 3.05) is 6.61 Å². The van der Waals surface area contributed by atoms with Crippen molar-refractivity contribution in [3.8, 4) is 11.5 Å². The number of nitrogens with zero attached hydrogens (tertiary/aromatic N) is 2. The third-order valence-electron chi connectivity index (χ3n) is 3.02. The van der Waals surface area contributed by atoms with Crippen LogP contribution in [0, 0.1) is 0 Å². The Bertz CT molecular complexity index is 552. The number of rotatable bonds is 7. The van der Waals surface area contributed by atoms with Crippen LogP contribution in [0.1, 0.15) is 25.2 Å². The van der Waals surface area contributed by atoms with Gasteiger partial charge in [-0.1, -0.05) is 12.1 Å². The quantitative estimate of drug-likeness (QED) is 0.843. The van der Waals surface area contributed by atoms with Crippen molar-refractivity contribution in [2.24, 2.45) is 0 Å². The molecule has 20 heavy (non-hydrogen) atoms. The molecule has 0 aliphatic rings. The minimum Gasteiger partial charge on any atom is -0.490 e. The zero-order valence-electron chi connectivity index (χ0n) is 11.9. The fourth-order valence-electron chi connectivity index (χ4n) is 2.02. The van der Waals surface area contributed by atoms with Gasteiger partial charge < -0.3 is 19.1 Å². The molecule has 0 aliphatic carbocycles. The van der Waals surface area contributed by atoms with Crippen LogP contribution in [-0.4, -0.2) is 21.3 Å². The van der Waals surface area contributed by atoms with E-state index in [1.807, 2.05) is 35.9 Å². The summed E-state index contributed by atoms with van der Waals surface area (Å²) in [5.74, 6) is 2.08. The predicted octanol–water partition coefficient (Wildman–Crippen LogP) is 2.37. The van der Waals surface area contributed by atoms with Crippen LogP contribution in [0.2, 0.25) is 0 Å². The molecule has 5 nitrogen and oxygen atoms in total.